The summed E-state index contributed by atoms with van der Waals surface area (Å²) in [7, 11) is 0. The molecular weight excluding hydrogens is 200 g/mol. The Hall–Kier alpha value is -1.64. The van der Waals surface area contributed by atoms with E-state index in [2.05, 4.69) is 16.9 Å². The second kappa shape index (κ2) is 4.92. The van der Waals surface area contributed by atoms with E-state index in [1.165, 1.54) is 0 Å². The molecule has 0 bridgehead atoms. The number of fused-ring (bicyclic) bond motifs is 1. The van der Waals surface area contributed by atoms with Gasteiger partial charge in [-0.25, -0.2) is 0 Å². The Bertz CT molecular complexity index is 487. The Balaban J connectivity index is 2.12. The molecule has 3 heteroatoms. The highest BCUT2D eigenvalue weighted by Crippen LogP contribution is 2.17. The minimum absolute atomic E-state index is 0.312. The van der Waals surface area contributed by atoms with Crippen molar-refractivity contribution in [3.05, 3.63) is 30.2 Å². The van der Waals surface area contributed by atoms with Gasteiger partial charge in [0.15, 0.2) is 0 Å². The fourth-order valence-electron chi connectivity index (χ4n) is 1.84. The number of Topliss-reactive ketones (excluding diaryl/α,β-unsaturated/α-hetero) is 1. The molecule has 0 aromatic carbocycles. The van der Waals surface area contributed by atoms with E-state index in [1.807, 2.05) is 18.5 Å². The van der Waals surface area contributed by atoms with Gasteiger partial charge in [0.05, 0.1) is 0 Å². The number of unbranched alkanes of at least 4 members (excludes halogenated alkanes) is 1. The van der Waals surface area contributed by atoms with E-state index < -0.39 is 0 Å². The Kier molecular flexibility index (Phi) is 3.34. The van der Waals surface area contributed by atoms with Crippen LogP contribution in [0.3, 0.4) is 0 Å². The summed E-state index contributed by atoms with van der Waals surface area (Å²) in [6.07, 6.45) is 8.74. The van der Waals surface area contributed by atoms with Crippen LogP contribution in [0.15, 0.2) is 24.7 Å². The second-order valence-corrected chi connectivity index (χ2v) is 4.05. The number of H-pyrrole nitrogens is 1. The summed E-state index contributed by atoms with van der Waals surface area (Å²) in [6, 6.07) is 1.93. The smallest absolute Gasteiger partial charge is 0.137 e. The van der Waals surface area contributed by atoms with E-state index in [-0.39, 0.29) is 0 Å². The summed E-state index contributed by atoms with van der Waals surface area (Å²) >= 11 is 0. The third-order valence-corrected chi connectivity index (χ3v) is 2.77. The molecule has 2 aromatic rings. The van der Waals surface area contributed by atoms with Crippen molar-refractivity contribution in [2.75, 3.05) is 0 Å². The van der Waals surface area contributed by atoms with Crippen LogP contribution in [0.1, 0.15) is 31.7 Å². The number of nitrogens with zero attached hydrogens (tertiary/aromatic N) is 1. The Labute approximate surface area is 94.9 Å². The van der Waals surface area contributed by atoms with Crippen molar-refractivity contribution < 1.29 is 4.79 Å². The van der Waals surface area contributed by atoms with Crippen LogP contribution in [0.4, 0.5) is 0 Å². The minimum Gasteiger partial charge on any atom is -0.361 e. The van der Waals surface area contributed by atoms with Crippen molar-refractivity contribution in [3.8, 4) is 0 Å². The van der Waals surface area contributed by atoms with E-state index in [9.17, 15) is 4.79 Å². The quantitative estimate of drug-likeness (QED) is 0.835. The lowest BCUT2D eigenvalue weighted by molar-refractivity contribution is -0.118. The largest absolute Gasteiger partial charge is 0.361 e. The average Bonchev–Trinajstić information content (AvgIpc) is 2.70. The second-order valence-electron chi connectivity index (χ2n) is 4.05. The maximum Gasteiger partial charge on any atom is 0.137 e. The molecule has 0 saturated heterocycles. The van der Waals surface area contributed by atoms with Gasteiger partial charge in [0.2, 0.25) is 0 Å². The first kappa shape index (κ1) is 10.9. The molecule has 0 unspecified atom stereocenters. The topological polar surface area (TPSA) is 45.8 Å². The number of carbonyl (C=O) groups excluding carboxylic acids is 1. The average molecular weight is 216 g/mol. The van der Waals surface area contributed by atoms with Crippen LogP contribution in [0.5, 0.6) is 0 Å². The van der Waals surface area contributed by atoms with Crippen LogP contribution < -0.4 is 0 Å². The summed E-state index contributed by atoms with van der Waals surface area (Å²) < 4.78 is 0. The predicted molar refractivity (Wildman–Crippen MR) is 64.3 cm³/mol. The molecule has 0 aliphatic rings. The number of ketones is 1. The van der Waals surface area contributed by atoms with Crippen LogP contribution in [0.25, 0.3) is 10.9 Å². The number of hydrogen-bond donors (Lipinski definition) is 1. The summed E-state index contributed by atoms with van der Waals surface area (Å²) in [6.45, 7) is 2.10. The molecular formula is C13H16N2O. The number of pyridine rings is 1. The maximum atomic E-state index is 11.7. The fraction of sp³-hybridized carbons (Fsp3) is 0.385. The molecule has 2 rings (SSSR count). The molecule has 0 aliphatic carbocycles. The highest BCUT2D eigenvalue weighted by atomic mass is 16.1. The zero-order valence-electron chi connectivity index (χ0n) is 9.49. The molecule has 16 heavy (non-hydrogen) atoms. The van der Waals surface area contributed by atoms with Gasteiger partial charge >= 0.3 is 0 Å². The number of carbonyl (C=O) groups is 1. The van der Waals surface area contributed by atoms with E-state index in [4.69, 9.17) is 0 Å². The predicted octanol–water partition coefficient (Wildman–Crippen LogP) is 2.86. The lowest BCUT2D eigenvalue weighted by atomic mass is 10.1. The van der Waals surface area contributed by atoms with Crippen molar-refractivity contribution in [3.63, 3.8) is 0 Å². The molecule has 84 valence electrons. The van der Waals surface area contributed by atoms with Gasteiger partial charge in [-0.1, -0.05) is 13.3 Å². The molecule has 0 atom stereocenters. The number of aromatic amines is 1. The van der Waals surface area contributed by atoms with Crippen LogP contribution in [0.2, 0.25) is 0 Å². The summed E-state index contributed by atoms with van der Waals surface area (Å²) in [4.78, 5) is 18.9. The van der Waals surface area contributed by atoms with E-state index >= 15 is 0 Å². The zero-order valence-corrected chi connectivity index (χ0v) is 9.49. The van der Waals surface area contributed by atoms with Gasteiger partial charge in [-0.3, -0.25) is 9.78 Å². The van der Waals surface area contributed by atoms with Crippen LogP contribution >= 0.6 is 0 Å². The molecule has 0 spiro atoms. The van der Waals surface area contributed by atoms with Gasteiger partial charge in [-0.2, -0.15) is 0 Å². The number of nitrogens with one attached hydrogen (secondary N) is 1. The third kappa shape index (κ3) is 2.30. The Morgan fingerprint density at radius 2 is 2.38 bits per heavy atom. The molecule has 2 aromatic heterocycles. The zero-order chi connectivity index (χ0) is 11.4. The molecule has 0 amide bonds. The standard InChI is InChI=1S/C13H16N2O/c1-2-3-4-11(16)7-10-8-15-13-5-6-14-9-12(10)13/h5-6,8-9,15H,2-4,7H2,1H3. The monoisotopic (exact) mass is 216 g/mol. The Morgan fingerprint density at radius 1 is 1.50 bits per heavy atom. The summed E-state index contributed by atoms with van der Waals surface area (Å²) in [5.74, 6) is 0.312. The van der Waals surface area contributed by atoms with Gasteiger partial charge in [-0.05, 0) is 18.1 Å². The molecule has 1 N–H and O–H groups in total. The molecule has 0 radical (unpaired) electrons. The molecule has 0 fully saturated rings. The maximum absolute atomic E-state index is 11.7. The van der Waals surface area contributed by atoms with Gasteiger partial charge in [0.25, 0.3) is 0 Å². The third-order valence-electron chi connectivity index (χ3n) is 2.77. The lowest BCUT2D eigenvalue weighted by Crippen LogP contribution is -2.01. The highest BCUT2D eigenvalue weighted by molar-refractivity contribution is 5.89. The number of aromatic nitrogens is 2. The first-order valence-corrected chi connectivity index (χ1v) is 5.73. The van der Waals surface area contributed by atoms with E-state index in [1.54, 1.807) is 6.20 Å². The minimum atomic E-state index is 0.312. The van der Waals surface area contributed by atoms with Crippen molar-refractivity contribution in [1.29, 1.82) is 0 Å². The normalized spacial score (nSPS) is 10.8. The van der Waals surface area contributed by atoms with Crippen LogP contribution in [0, 0.1) is 0 Å². The van der Waals surface area contributed by atoms with E-state index in [0.717, 1.165) is 29.3 Å². The van der Waals surface area contributed by atoms with Gasteiger partial charge in [0, 0.05) is 42.3 Å². The summed E-state index contributed by atoms with van der Waals surface area (Å²) in [5, 5.41) is 1.06. The van der Waals surface area contributed by atoms with Crippen molar-refractivity contribution >= 4 is 16.7 Å². The molecule has 3 nitrogen and oxygen atoms in total. The molecule has 0 saturated carbocycles. The fourth-order valence-corrected chi connectivity index (χ4v) is 1.84. The van der Waals surface area contributed by atoms with Crippen molar-refractivity contribution in [2.24, 2.45) is 0 Å². The first-order valence-electron chi connectivity index (χ1n) is 5.73. The molecule has 2 heterocycles. The lowest BCUT2D eigenvalue weighted by Gasteiger charge is -1.98. The van der Waals surface area contributed by atoms with Gasteiger partial charge in [0.1, 0.15) is 5.78 Å². The van der Waals surface area contributed by atoms with Gasteiger partial charge in [-0.15, -0.1) is 0 Å². The van der Waals surface area contributed by atoms with Gasteiger partial charge < -0.3 is 4.98 Å². The van der Waals surface area contributed by atoms with Crippen LogP contribution in [-0.2, 0) is 11.2 Å². The SMILES string of the molecule is CCCCC(=O)Cc1c[nH]c2ccncc12. The van der Waals surface area contributed by atoms with Crippen molar-refractivity contribution in [1.82, 2.24) is 9.97 Å². The van der Waals surface area contributed by atoms with Crippen LogP contribution in [-0.4, -0.2) is 15.8 Å². The first-order chi connectivity index (χ1) is 7.81. The van der Waals surface area contributed by atoms with Crippen molar-refractivity contribution in [2.45, 2.75) is 32.6 Å². The molecule has 0 aliphatic heterocycles. The number of rotatable bonds is 5. The Morgan fingerprint density at radius 3 is 3.19 bits per heavy atom. The number of hydrogen-bond acceptors (Lipinski definition) is 2. The highest BCUT2D eigenvalue weighted by Gasteiger charge is 2.08. The van der Waals surface area contributed by atoms with E-state index in [0.29, 0.717) is 18.6 Å². The summed E-state index contributed by atoms with van der Waals surface area (Å²) in [5.41, 5.74) is 2.11.